The van der Waals surface area contributed by atoms with Gasteiger partial charge in [-0.1, -0.05) is 35.9 Å². The summed E-state index contributed by atoms with van der Waals surface area (Å²) in [5, 5.41) is 4.52. The summed E-state index contributed by atoms with van der Waals surface area (Å²) in [5.41, 5.74) is 7.14. The van der Waals surface area contributed by atoms with Gasteiger partial charge in [-0.2, -0.15) is 0 Å². The number of aryl methyl sites for hydroxylation is 1. The molecule has 1 fully saturated rings. The normalized spacial score (nSPS) is 19.0. The van der Waals surface area contributed by atoms with Crippen LogP contribution in [0.2, 0.25) is 5.02 Å². The van der Waals surface area contributed by atoms with Crippen LogP contribution in [-0.4, -0.2) is 35.6 Å². The molecule has 0 spiro atoms. The minimum absolute atomic E-state index is 0.572. The van der Waals surface area contributed by atoms with Crippen molar-refractivity contribution in [3.8, 4) is 22.4 Å². The first-order chi connectivity index (χ1) is 14.2. The molecule has 3 aromatic rings. The molecule has 5 rings (SSSR count). The molecule has 0 amide bonds. The zero-order valence-electron chi connectivity index (χ0n) is 16.6. The van der Waals surface area contributed by atoms with E-state index < -0.39 is 0 Å². The third kappa shape index (κ3) is 4.17. The Kier molecular flexibility index (Phi) is 5.26. The lowest BCUT2D eigenvalue weighted by atomic mass is 9.95. The minimum Gasteiger partial charge on any atom is -0.381 e. The molecule has 148 valence electrons. The maximum absolute atomic E-state index is 5.99. The lowest BCUT2D eigenvalue weighted by Gasteiger charge is -2.30. The quantitative estimate of drug-likeness (QED) is 0.588. The molecule has 4 heteroatoms. The second-order valence-electron chi connectivity index (χ2n) is 8.20. The second kappa shape index (κ2) is 8.17. The molecule has 3 heterocycles. The van der Waals surface area contributed by atoms with Crippen molar-refractivity contribution in [3.63, 3.8) is 0 Å². The van der Waals surface area contributed by atoms with E-state index in [4.69, 9.17) is 16.6 Å². The molecule has 0 bridgehead atoms. The average Bonchev–Trinajstić information content (AvgIpc) is 3.27. The largest absolute Gasteiger partial charge is 0.381 e. The van der Waals surface area contributed by atoms with Crippen molar-refractivity contribution < 1.29 is 0 Å². The van der Waals surface area contributed by atoms with Gasteiger partial charge in [0, 0.05) is 40.6 Å². The lowest BCUT2D eigenvalue weighted by molar-refractivity contribution is 0.314. The van der Waals surface area contributed by atoms with Crippen LogP contribution in [0.15, 0.2) is 60.8 Å². The van der Waals surface area contributed by atoms with Crippen LogP contribution in [-0.2, 0) is 6.42 Å². The summed E-state index contributed by atoms with van der Waals surface area (Å²) in [7, 11) is 0. The van der Waals surface area contributed by atoms with E-state index in [1.54, 1.807) is 0 Å². The number of anilines is 1. The number of pyridine rings is 1. The fourth-order valence-electron chi connectivity index (χ4n) is 4.51. The molecule has 29 heavy (non-hydrogen) atoms. The zero-order chi connectivity index (χ0) is 19.6. The molecule has 1 unspecified atom stereocenters. The molecule has 0 radical (unpaired) electrons. The number of hydrogen-bond donors (Lipinski definition) is 1. The molecular formula is C25H26ClN3. The highest BCUT2D eigenvalue weighted by Crippen LogP contribution is 2.31. The number of likely N-dealkylation sites (tertiary alicyclic amines) is 1. The summed E-state index contributed by atoms with van der Waals surface area (Å²) < 4.78 is 0. The number of fused-ring (bicyclic) bond motifs is 1. The maximum atomic E-state index is 5.99. The number of benzene rings is 2. The van der Waals surface area contributed by atoms with Crippen molar-refractivity contribution in [2.24, 2.45) is 0 Å². The van der Waals surface area contributed by atoms with Gasteiger partial charge in [-0.15, -0.1) is 0 Å². The molecule has 0 saturated carbocycles. The lowest BCUT2D eigenvalue weighted by Crippen LogP contribution is -2.37. The number of aromatic nitrogens is 1. The van der Waals surface area contributed by atoms with Crippen LogP contribution in [0.5, 0.6) is 0 Å². The summed E-state index contributed by atoms with van der Waals surface area (Å²) in [6, 6.07) is 19.4. The van der Waals surface area contributed by atoms with Crippen LogP contribution in [0.3, 0.4) is 0 Å². The van der Waals surface area contributed by atoms with Crippen molar-refractivity contribution in [2.45, 2.75) is 31.7 Å². The van der Waals surface area contributed by atoms with E-state index in [0.29, 0.717) is 6.04 Å². The van der Waals surface area contributed by atoms with Crippen LogP contribution in [0, 0.1) is 0 Å². The van der Waals surface area contributed by atoms with E-state index in [9.17, 15) is 0 Å². The molecule has 1 atom stereocenters. The molecule has 1 aromatic heterocycles. The van der Waals surface area contributed by atoms with Gasteiger partial charge in [0.1, 0.15) is 0 Å². The van der Waals surface area contributed by atoms with Gasteiger partial charge >= 0.3 is 0 Å². The monoisotopic (exact) mass is 403 g/mol. The van der Waals surface area contributed by atoms with Crippen molar-refractivity contribution >= 4 is 17.3 Å². The molecule has 1 N–H and O–H groups in total. The Balaban J connectivity index is 1.30. The third-order valence-corrected chi connectivity index (χ3v) is 6.39. The standard InChI is InChI=1S/C25H26ClN3/c26-22-8-3-18(4-9-22)21-7-11-24(27-16-21)19-6-12-25-20(15-19)5-10-23(28-25)17-29-13-1-2-14-29/h3-4,6-9,11-12,15-16,23,28H,1-2,5,10,13-14,17H2. The van der Waals surface area contributed by atoms with Gasteiger partial charge < -0.3 is 10.2 Å². The Morgan fingerprint density at radius 1 is 0.931 bits per heavy atom. The average molecular weight is 404 g/mol. The molecule has 0 aliphatic carbocycles. The van der Waals surface area contributed by atoms with Gasteiger partial charge in [-0.25, -0.2) is 0 Å². The van der Waals surface area contributed by atoms with E-state index in [-0.39, 0.29) is 0 Å². The maximum Gasteiger partial charge on any atom is 0.0702 e. The summed E-state index contributed by atoms with van der Waals surface area (Å²) >= 11 is 5.99. The summed E-state index contributed by atoms with van der Waals surface area (Å²) in [5.74, 6) is 0. The Morgan fingerprint density at radius 3 is 2.45 bits per heavy atom. The van der Waals surface area contributed by atoms with E-state index in [1.807, 2.05) is 30.5 Å². The highest BCUT2D eigenvalue weighted by atomic mass is 35.5. The Bertz CT molecular complexity index is 976. The Hall–Kier alpha value is -2.36. The molecule has 2 aromatic carbocycles. The predicted molar refractivity (Wildman–Crippen MR) is 122 cm³/mol. The van der Waals surface area contributed by atoms with Gasteiger partial charge in [-0.3, -0.25) is 4.98 Å². The fraction of sp³-hybridized carbons (Fsp3) is 0.320. The van der Waals surface area contributed by atoms with Crippen LogP contribution >= 0.6 is 11.6 Å². The third-order valence-electron chi connectivity index (χ3n) is 6.14. The highest BCUT2D eigenvalue weighted by molar-refractivity contribution is 6.30. The molecule has 2 aliphatic rings. The number of nitrogens with zero attached hydrogens (tertiary/aromatic N) is 2. The van der Waals surface area contributed by atoms with E-state index >= 15 is 0 Å². The van der Waals surface area contributed by atoms with Crippen LogP contribution in [0.25, 0.3) is 22.4 Å². The highest BCUT2D eigenvalue weighted by Gasteiger charge is 2.22. The fourth-order valence-corrected chi connectivity index (χ4v) is 4.64. The zero-order valence-corrected chi connectivity index (χ0v) is 17.3. The van der Waals surface area contributed by atoms with Gasteiger partial charge in [0.2, 0.25) is 0 Å². The van der Waals surface area contributed by atoms with Crippen LogP contribution in [0.4, 0.5) is 5.69 Å². The SMILES string of the molecule is Clc1ccc(-c2ccc(-c3ccc4c(c3)CCC(CN3CCCC3)N4)nc2)cc1. The topological polar surface area (TPSA) is 28.2 Å². The molecular weight excluding hydrogens is 378 g/mol. The van der Waals surface area contributed by atoms with Crippen molar-refractivity contribution in [1.29, 1.82) is 0 Å². The Morgan fingerprint density at radius 2 is 1.69 bits per heavy atom. The molecule has 2 aliphatic heterocycles. The molecule has 1 saturated heterocycles. The summed E-state index contributed by atoms with van der Waals surface area (Å²) in [6.07, 6.45) is 7.00. The van der Waals surface area contributed by atoms with Crippen molar-refractivity contribution in [2.75, 3.05) is 25.0 Å². The summed E-state index contributed by atoms with van der Waals surface area (Å²) in [6.45, 7) is 3.71. The van der Waals surface area contributed by atoms with E-state index in [2.05, 4.69) is 40.5 Å². The van der Waals surface area contributed by atoms with E-state index in [1.165, 1.54) is 55.7 Å². The first-order valence-electron chi connectivity index (χ1n) is 10.6. The summed E-state index contributed by atoms with van der Waals surface area (Å²) in [4.78, 5) is 7.32. The number of nitrogens with one attached hydrogen (secondary N) is 1. The first-order valence-corrected chi connectivity index (χ1v) is 11.0. The molecule has 3 nitrogen and oxygen atoms in total. The first kappa shape index (κ1) is 18.7. The Labute approximate surface area is 177 Å². The minimum atomic E-state index is 0.572. The smallest absolute Gasteiger partial charge is 0.0702 e. The van der Waals surface area contributed by atoms with Gasteiger partial charge in [0.25, 0.3) is 0 Å². The van der Waals surface area contributed by atoms with E-state index in [0.717, 1.165) is 28.3 Å². The number of rotatable bonds is 4. The predicted octanol–water partition coefficient (Wildman–Crippen LogP) is 5.89. The van der Waals surface area contributed by atoms with Crippen LogP contribution in [0.1, 0.15) is 24.8 Å². The van der Waals surface area contributed by atoms with Gasteiger partial charge in [0.05, 0.1) is 5.69 Å². The van der Waals surface area contributed by atoms with Crippen LogP contribution < -0.4 is 5.32 Å². The van der Waals surface area contributed by atoms with Crippen molar-refractivity contribution in [1.82, 2.24) is 9.88 Å². The van der Waals surface area contributed by atoms with Gasteiger partial charge in [-0.05, 0) is 80.2 Å². The van der Waals surface area contributed by atoms with Gasteiger partial charge in [0.15, 0.2) is 0 Å². The number of hydrogen-bond acceptors (Lipinski definition) is 3. The number of halogens is 1. The second-order valence-corrected chi connectivity index (χ2v) is 8.64. The van der Waals surface area contributed by atoms with Crippen molar-refractivity contribution in [3.05, 3.63) is 71.4 Å².